The summed E-state index contributed by atoms with van der Waals surface area (Å²) in [6.45, 7) is 0.363. The van der Waals surface area contributed by atoms with Crippen molar-refractivity contribution in [2.75, 3.05) is 6.61 Å². The first-order chi connectivity index (χ1) is 9.02. The van der Waals surface area contributed by atoms with Crippen LogP contribution in [0.15, 0.2) is 18.2 Å². The lowest BCUT2D eigenvalue weighted by Crippen LogP contribution is -2.41. The van der Waals surface area contributed by atoms with Crippen molar-refractivity contribution < 1.29 is 14.1 Å². The predicted octanol–water partition coefficient (Wildman–Crippen LogP) is 2.52. The standard InChI is InChI=1S/C13H17FN2O3/c14-12-10(4-3-5-11(12)16(17)18)8-19-9-13(15)6-1-2-7-13/h3-5H,1-2,6-9,15H2. The highest BCUT2D eigenvalue weighted by Crippen LogP contribution is 2.28. The molecule has 1 aliphatic rings. The molecule has 0 spiro atoms. The normalized spacial score (nSPS) is 17.6. The maximum Gasteiger partial charge on any atom is 0.305 e. The van der Waals surface area contributed by atoms with Crippen LogP contribution in [0, 0.1) is 15.9 Å². The maximum atomic E-state index is 13.8. The molecule has 0 atom stereocenters. The highest BCUT2D eigenvalue weighted by atomic mass is 19.1. The van der Waals surface area contributed by atoms with Gasteiger partial charge in [-0.3, -0.25) is 10.1 Å². The van der Waals surface area contributed by atoms with E-state index in [0.29, 0.717) is 6.61 Å². The first-order valence-corrected chi connectivity index (χ1v) is 6.30. The summed E-state index contributed by atoms with van der Waals surface area (Å²) in [5.41, 5.74) is 5.46. The van der Waals surface area contributed by atoms with Gasteiger partial charge in [-0.05, 0) is 12.8 Å². The third kappa shape index (κ3) is 3.27. The zero-order chi connectivity index (χ0) is 13.9. The fourth-order valence-corrected chi connectivity index (χ4v) is 2.41. The van der Waals surface area contributed by atoms with Crippen LogP contribution in [0.3, 0.4) is 0 Å². The van der Waals surface area contributed by atoms with Crippen molar-refractivity contribution in [1.29, 1.82) is 0 Å². The lowest BCUT2D eigenvalue weighted by Gasteiger charge is -2.23. The van der Waals surface area contributed by atoms with Crippen molar-refractivity contribution >= 4 is 5.69 Å². The van der Waals surface area contributed by atoms with Crippen LogP contribution in [0.25, 0.3) is 0 Å². The Bertz CT molecular complexity index is 473. The lowest BCUT2D eigenvalue weighted by atomic mass is 10.0. The van der Waals surface area contributed by atoms with E-state index in [1.165, 1.54) is 12.1 Å². The number of rotatable bonds is 5. The number of hydrogen-bond acceptors (Lipinski definition) is 4. The van der Waals surface area contributed by atoms with Gasteiger partial charge >= 0.3 is 5.69 Å². The van der Waals surface area contributed by atoms with Crippen LogP contribution < -0.4 is 5.73 Å². The lowest BCUT2D eigenvalue weighted by molar-refractivity contribution is -0.387. The van der Waals surface area contributed by atoms with Crippen LogP contribution in [-0.2, 0) is 11.3 Å². The smallest absolute Gasteiger partial charge is 0.305 e. The summed E-state index contributed by atoms with van der Waals surface area (Å²) in [5, 5.41) is 10.6. The summed E-state index contributed by atoms with van der Waals surface area (Å²) >= 11 is 0. The number of nitrogens with zero attached hydrogens (tertiary/aromatic N) is 1. The van der Waals surface area contributed by atoms with Crippen LogP contribution in [-0.4, -0.2) is 17.1 Å². The Balaban J connectivity index is 1.96. The van der Waals surface area contributed by atoms with E-state index >= 15 is 0 Å². The van der Waals surface area contributed by atoms with Gasteiger partial charge in [0.15, 0.2) is 0 Å². The number of nitro benzene ring substituents is 1. The summed E-state index contributed by atoms with van der Waals surface area (Å²) in [6.07, 6.45) is 3.99. The molecule has 0 unspecified atom stereocenters. The molecule has 1 aromatic carbocycles. The Morgan fingerprint density at radius 1 is 1.42 bits per heavy atom. The quantitative estimate of drug-likeness (QED) is 0.657. The van der Waals surface area contributed by atoms with Crippen molar-refractivity contribution in [3.63, 3.8) is 0 Å². The first-order valence-electron chi connectivity index (χ1n) is 6.30. The summed E-state index contributed by atoms with van der Waals surface area (Å²) in [5.74, 6) is -0.829. The second-order valence-corrected chi connectivity index (χ2v) is 5.07. The maximum absolute atomic E-state index is 13.8. The molecule has 0 radical (unpaired) electrons. The second-order valence-electron chi connectivity index (χ2n) is 5.07. The molecule has 2 rings (SSSR count). The molecule has 0 aromatic heterocycles. The van der Waals surface area contributed by atoms with Gasteiger partial charge in [-0.1, -0.05) is 25.0 Å². The van der Waals surface area contributed by atoms with Gasteiger partial charge in [-0.25, -0.2) is 0 Å². The predicted molar refractivity (Wildman–Crippen MR) is 68.1 cm³/mol. The topological polar surface area (TPSA) is 78.4 Å². The van der Waals surface area contributed by atoms with E-state index in [1.807, 2.05) is 0 Å². The molecule has 0 saturated heterocycles. The number of ether oxygens (including phenoxy) is 1. The minimum atomic E-state index is -0.829. The molecule has 19 heavy (non-hydrogen) atoms. The van der Waals surface area contributed by atoms with E-state index < -0.39 is 16.4 Å². The van der Waals surface area contributed by atoms with E-state index in [9.17, 15) is 14.5 Å². The molecule has 6 heteroatoms. The molecule has 104 valence electrons. The zero-order valence-electron chi connectivity index (χ0n) is 10.6. The molecule has 0 heterocycles. The molecule has 2 N–H and O–H groups in total. The van der Waals surface area contributed by atoms with Gasteiger partial charge in [0.25, 0.3) is 0 Å². The number of nitro groups is 1. The average Bonchev–Trinajstić information content (AvgIpc) is 2.78. The van der Waals surface area contributed by atoms with Gasteiger partial charge < -0.3 is 10.5 Å². The van der Waals surface area contributed by atoms with E-state index in [0.717, 1.165) is 31.7 Å². The monoisotopic (exact) mass is 268 g/mol. The number of nitrogens with two attached hydrogens (primary N) is 1. The minimum Gasteiger partial charge on any atom is -0.375 e. The summed E-state index contributed by atoms with van der Waals surface area (Å²) in [4.78, 5) is 9.88. The van der Waals surface area contributed by atoms with Crippen molar-refractivity contribution in [3.05, 3.63) is 39.7 Å². The molecule has 0 aliphatic heterocycles. The van der Waals surface area contributed by atoms with Crippen LogP contribution >= 0.6 is 0 Å². The van der Waals surface area contributed by atoms with Gasteiger partial charge in [0.05, 0.1) is 18.1 Å². The molecule has 1 aliphatic carbocycles. The van der Waals surface area contributed by atoms with E-state index in [-0.39, 0.29) is 17.7 Å². The van der Waals surface area contributed by atoms with Crippen LogP contribution in [0.1, 0.15) is 31.2 Å². The van der Waals surface area contributed by atoms with Gasteiger partial charge in [0.1, 0.15) is 0 Å². The summed E-state index contributed by atoms with van der Waals surface area (Å²) in [7, 11) is 0. The second kappa shape index (κ2) is 5.63. The minimum absolute atomic E-state index is 0.00641. The Hall–Kier alpha value is -1.53. The first kappa shape index (κ1) is 13.9. The van der Waals surface area contributed by atoms with Crippen molar-refractivity contribution in [1.82, 2.24) is 0 Å². The molecular weight excluding hydrogens is 251 g/mol. The molecule has 1 saturated carbocycles. The van der Waals surface area contributed by atoms with Gasteiger partial charge in [0, 0.05) is 17.2 Å². The van der Waals surface area contributed by atoms with E-state index in [2.05, 4.69) is 0 Å². The SMILES string of the molecule is NC1(COCc2cccc([N+](=O)[O-])c2F)CCCC1. The Morgan fingerprint density at radius 3 is 2.74 bits per heavy atom. The highest BCUT2D eigenvalue weighted by Gasteiger charge is 2.29. The average molecular weight is 268 g/mol. The molecule has 5 nitrogen and oxygen atoms in total. The van der Waals surface area contributed by atoms with Gasteiger partial charge in [-0.15, -0.1) is 0 Å². The largest absolute Gasteiger partial charge is 0.375 e. The molecule has 1 fully saturated rings. The number of benzene rings is 1. The fourth-order valence-electron chi connectivity index (χ4n) is 2.41. The van der Waals surface area contributed by atoms with Crippen LogP contribution in [0.2, 0.25) is 0 Å². The third-order valence-electron chi connectivity index (χ3n) is 3.50. The van der Waals surface area contributed by atoms with Crippen LogP contribution in [0.4, 0.5) is 10.1 Å². The van der Waals surface area contributed by atoms with Gasteiger partial charge in [0.2, 0.25) is 5.82 Å². The van der Waals surface area contributed by atoms with Crippen molar-refractivity contribution in [2.24, 2.45) is 5.73 Å². The molecule has 0 bridgehead atoms. The van der Waals surface area contributed by atoms with Crippen molar-refractivity contribution in [3.8, 4) is 0 Å². The summed E-state index contributed by atoms with van der Waals surface area (Å²) < 4.78 is 19.2. The Labute approximate surface area is 110 Å². The van der Waals surface area contributed by atoms with Crippen LogP contribution in [0.5, 0.6) is 0 Å². The summed E-state index contributed by atoms with van der Waals surface area (Å²) in [6, 6.07) is 4.08. The molecule has 1 aromatic rings. The number of hydrogen-bond donors (Lipinski definition) is 1. The van der Waals surface area contributed by atoms with Gasteiger partial charge in [-0.2, -0.15) is 4.39 Å². The fraction of sp³-hybridized carbons (Fsp3) is 0.538. The molecule has 0 amide bonds. The zero-order valence-corrected chi connectivity index (χ0v) is 10.6. The Morgan fingerprint density at radius 2 is 2.11 bits per heavy atom. The van der Waals surface area contributed by atoms with E-state index in [1.54, 1.807) is 0 Å². The highest BCUT2D eigenvalue weighted by molar-refractivity contribution is 5.36. The van der Waals surface area contributed by atoms with E-state index in [4.69, 9.17) is 10.5 Å². The number of halogens is 1. The Kier molecular flexibility index (Phi) is 4.11. The molecular formula is C13H17FN2O3. The third-order valence-corrected chi connectivity index (χ3v) is 3.50. The van der Waals surface area contributed by atoms with Crippen molar-refractivity contribution in [2.45, 2.75) is 37.8 Å².